The molecule has 0 aromatic heterocycles. The molecule has 3 heterocycles. The highest BCUT2D eigenvalue weighted by Crippen LogP contribution is 2.45. The minimum absolute atomic E-state index is 0.0680. The van der Waals surface area contributed by atoms with E-state index in [1.807, 2.05) is 167 Å². The van der Waals surface area contributed by atoms with Gasteiger partial charge in [-0.15, -0.1) is 0 Å². The van der Waals surface area contributed by atoms with Crippen LogP contribution in [-0.2, 0) is 63.0 Å². The van der Waals surface area contributed by atoms with Crippen LogP contribution in [0.25, 0.3) is 11.1 Å². The Morgan fingerprint density at radius 1 is 0.529 bits per heavy atom. The molecular formula is C80H102N10O14. The van der Waals surface area contributed by atoms with Gasteiger partial charge in [0.2, 0.25) is 53.2 Å². The van der Waals surface area contributed by atoms with Crippen LogP contribution in [0.4, 0.5) is 4.79 Å². The van der Waals surface area contributed by atoms with E-state index in [1.165, 1.54) is 14.7 Å². The van der Waals surface area contributed by atoms with Crippen LogP contribution in [0.1, 0.15) is 161 Å². The van der Waals surface area contributed by atoms with Crippen molar-refractivity contribution in [1.29, 1.82) is 0 Å². The summed E-state index contributed by atoms with van der Waals surface area (Å²) in [5.74, 6) is -9.12. The second-order valence-corrected chi connectivity index (χ2v) is 29.5. The topological polar surface area (TPSA) is 320 Å². The van der Waals surface area contributed by atoms with Gasteiger partial charge in [0.05, 0.1) is 18.1 Å². The van der Waals surface area contributed by atoms with E-state index in [9.17, 15) is 33.9 Å². The SMILES string of the molecule is CC[C@H](C)[C@H](NC(=O)[C@@H]1CCCN1C(=O)OCC1c2ccccc2-c2ccccc21)C(=O)N[C@@H](CC(C)C)C(=O)N1CCC[C@H]1C(=O)N1CCC[C@H]1C(=O)N[C@H](C(=O)N[C@@H](CC(=O)NC(c1ccccc1)(c1ccccc1)c1ccccc1)C(=O)N[C@H](C(=O)NCC(=O)O)C(C)C)[C@@H](C)OC(C)(C)C. The Morgan fingerprint density at radius 3 is 1.51 bits per heavy atom. The molecule has 24 nitrogen and oxygen atoms in total. The van der Waals surface area contributed by atoms with Crippen molar-refractivity contribution in [2.75, 3.05) is 32.8 Å². The Bertz CT molecular complexity index is 3740. The van der Waals surface area contributed by atoms with Gasteiger partial charge in [0, 0.05) is 25.6 Å². The molecule has 8 N–H and O–H groups in total. The van der Waals surface area contributed by atoms with Crippen molar-refractivity contribution >= 4 is 65.2 Å². The second kappa shape index (κ2) is 35.0. The number of hydrogen-bond acceptors (Lipinski definition) is 13. The number of ether oxygens (including phenoxy) is 2. The molecule has 0 saturated carbocycles. The number of amides is 10. The smallest absolute Gasteiger partial charge is 0.410 e. The lowest BCUT2D eigenvalue weighted by molar-refractivity contribution is -0.149. The Hall–Kier alpha value is -9.97. The average molecular weight is 1430 g/mol. The van der Waals surface area contributed by atoms with Crippen LogP contribution in [0.5, 0.6) is 0 Å². The van der Waals surface area contributed by atoms with Crippen molar-refractivity contribution in [1.82, 2.24) is 51.9 Å². The van der Waals surface area contributed by atoms with Crippen molar-refractivity contribution in [3.8, 4) is 11.1 Å². The number of nitrogens with one attached hydrogen (secondary N) is 7. The van der Waals surface area contributed by atoms with E-state index in [4.69, 9.17) is 9.47 Å². The Labute approximate surface area is 609 Å². The Kier molecular flexibility index (Phi) is 26.3. The number of carboxylic acids is 1. The molecule has 3 saturated heterocycles. The molecular weight excluding hydrogens is 1320 g/mol. The van der Waals surface area contributed by atoms with Gasteiger partial charge in [-0.25, -0.2) is 4.79 Å². The summed E-state index contributed by atoms with van der Waals surface area (Å²) in [6, 6.07) is 33.5. The number of nitrogens with zero attached hydrogens (tertiary/aromatic N) is 3. The van der Waals surface area contributed by atoms with Crippen LogP contribution < -0.4 is 37.2 Å². The van der Waals surface area contributed by atoms with Gasteiger partial charge < -0.3 is 61.6 Å². The first-order chi connectivity index (χ1) is 49.6. The molecule has 24 heteroatoms. The number of rotatable bonds is 30. The van der Waals surface area contributed by atoms with Crippen LogP contribution in [0.15, 0.2) is 140 Å². The number of aliphatic carboxylic acids is 1. The maximum Gasteiger partial charge on any atom is 0.410 e. The quantitative estimate of drug-likeness (QED) is 0.0207. The summed E-state index contributed by atoms with van der Waals surface area (Å²) in [7, 11) is 0. The summed E-state index contributed by atoms with van der Waals surface area (Å²) in [5, 5.41) is 29.1. The van der Waals surface area contributed by atoms with Gasteiger partial charge in [-0.3, -0.25) is 52.8 Å². The van der Waals surface area contributed by atoms with Gasteiger partial charge in [-0.2, -0.15) is 0 Å². The van der Waals surface area contributed by atoms with E-state index >= 15 is 24.0 Å². The molecule has 0 radical (unpaired) electrons. The average Bonchev–Trinajstić information content (AvgIpc) is 1.55. The molecule has 10 amide bonds. The predicted molar refractivity (Wildman–Crippen MR) is 391 cm³/mol. The minimum atomic E-state index is -1.76. The van der Waals surface area contributed by atoms with Crippen molar-refractivity contribution in [3.05, 3.63) is 167 Å². The van der Waals surface area contributed by atoms with E-state index in [0.717, 1.165) is 22.3 Å². The molecule has 4 aliphatic rings. The van der Waals surface area contributed by atoms with Gasteiger partial charge in [-0.05, 0) is 129 Å². The monoisotopic (exact) mass is 1430 g/mol. The Balaban J connectivity index is 0.910. The fourth-order valence-electron chi connectivity index (χ4n) is 14.9. The summed E-state index contributed by atoms with van der Waals surface area (Å²) >= 11 is 0. The summed E-state index contributed by atoms with van der Waals surface area (Å²) in [5.41, 5.74) is 3.95. The lowest BCUT2D eigenvalue weighted by Gasteiger charge is -2.37. The highest BCUT2D eigenvalue weighted by molar-refractivity contribution is 6.00. The molecule has 104 heavy (non-hydrogen) atoms. The summed E-state index contributed by atoms with van der Waals surface area (Å²) in [4.78, 5) is 163. The number of hydrogen-bond donors (Lipinski definition) is 8. The maximum atomic E-state index is 15.3. The number of likely N-dealkylation sites (tertiary alicyclic amines) is 3. The van der Waals surface area contributed by atoms with Crippen molar-refractivity contribution in [3.63, 3.8) is 0 Å². The third-order valence-electron chi connectivity index (χ3n) is 20.1. The highest BCUT2D eigenvalue weighted by Gasteiger charge is 2.47. The molecule has 1 aliphatic carbocycles. The summed E-state index contributed by atoms with van der Waals surface area (Å²) < 4.78 is 12.3. The normalized spacial score (nSPS) is 18.5. The number of fused-ring (bicyclic) bond motifs is 3. The summed E-state index contributed by atoms with van der Waals surface area (Å²) in [6.07, 6.45) is 0.241. The molecule has 0 bridgehead atoms. The molecule has 3 aliphatic heterocycles. The van der Waals surface area contributed by atoms with Gasteiger partial charge in [-0.1, -0.05) is 187 Å². The van der Waals surface area contributed by atoms with Crippen molar-refractivity contribution in [2.45, 2.75) is 199 Å². The molecule has 0 spiro atoms. The van der Waals surface area contributed by atoms with E-state index in [-0.39, 0.29) is 57.3 Å². The van der Waals surface area contributed by atoms with E-state index in [0.29, 0.717) is 48.8 Å². The zero-order chi connectivity index (χ0) is 75.2. The van der Waals surface area contributed by atoms with Crippen LogP contribution in [0, 0.1) is 17.8 Å². The lowest BCUT2D eigenvalue weighted by Crippen LogP contribution is -2.63. The first-order valence-electron chi connectivity index (χ1n) is 36.5. The fraction of sp³-hybridized carbons (Fsp3) is 0.487. The largest absolute Gasteiger partial charge is 0.480 e. The number of benzene rings is 5. The lowest BCUT2D eigenvalue weighted by atomic mass is 9.77. The fourth-order valence-corrected chi connectivity index (χ4v) is 14.9. The molecule has 10 atom stereocenters. The maximum absolute atomic E-state index is 15.3. The Morgan fingerprint density at radius 2 is 1.00 bits per heavy atom. The molecule has 556 valence electrons. The van der Waals surface area contributed by atoms with E-state index in [2.05, 4.69) is 37.2 Å². The van der Waals surface area contributed by atoms with Crippen molar-refractivity contribution in [2.24, 2.45) is 17.8 Å². The molecule has 5 aromatic rings. The zero-order valence-electron chi connectivity index (χ0n) is 61.3. The van der Waals surface area contributed by atoms with E-state index in [1.54, 1.807) is 41.5 Å². The first kappa shape index (κ1) is 78.2. The first-order valence-corrected chi connectivity index (χ1v) is 36.5. The van der Waals surface area contributed by atoms with Gasteiger partial charge >= 0.3 is 12.1 Å². The van der Waals surface area contributed by atoms with Gasteiger partial charge in [0.1, 0.15) is 67.0 Å². The standard InChI is InChI=1S/C80H102N10O14/c1-11-50(6)68(85-72(96)63-39-26-43-90(63)78(102)103-47-59-57-36-23-21-34-55(57)56-35-22-24-37-58(56)59)74(98)83-61(44-48(2)3)76(100)89-42-27-40-64(89)77(101)88-41-25-38-62(88)71(95)86-69(51(7)104-79(8,9)10)75(99)82-60(70(94)84-67(49(4)5)73(97)81-46-66(92)93)45-65(91)87-80(52-28-15-12-16-29-52,53-30-17-13-18-31-53)54-32-19-14-20-33-54/h12-24,28-37,48-51,59-64,67-69H,11,25-27,38-47H2,1-10H3,(H,81,97)(H,82,99)(H,83,98)(H,84,94)(H,85,96)(H,86,95)(H,87,91)(H,92,93)/t50-,51+,60-,61-,62-,63-,64-,67-,68-,69-/m0/s1. The van der Waals surface area contributed by atoms with Crippen LogP contribution in [-0.4, -0.2) is 178 Å². The highest BCUT2D eigenvalue weighted by atomic mass is 16.6. The summed E-state index contributed by atoms with van der Waals surface area (Å²) in [6.45, 7) is 17.4. The van der Waals surface area contributed by atoms with Crippen molar-refractivity contribution < 1.29 is 67.3 Å². The zero-order valence-corrected chi connectivity index (χ0v) is 61.3. The number of carbonyl (C=O) groups is 11. The van der Waals surface area contributed by atoms with Crippen LogP contribution in [0.3, 0.4) is 0 Å². The van der Waals surface area contributed by atoms with E-state index < -0.39 is 156 Å². The molecule has 3 fully saturated rings. The molecule has 9 rings (SSSR count). The third kappa shape index (κ3) is 18.7. The molecule has 5 aromatic carbocycles. The predicted octanol–water partition coefficient (Wildman–Crippen LogP) is 7.46. The number of carbonyl (C=O) groups excluding carboxylic acids is 10. The van der Waals surface area contributed by atoms with Gasteiger partial charge in [0.25, 0.3) is 0 Å². The minimum Gasteiger partial charge on any atom is -0.480 e. The number of carboxylic acid groups (broad SMARTS) is 1. The van der Waals surface area contributed by atoms with Crippen LogP contribution >= 0.6 is 0 Å². The molecule has 0 unspecified atom stereocenters. The third-order valence-corrected chi connectivity index (χ3v) is 20.1. The van der Waals surface area contributed by atoms with Gasteiger partial charge in [0.15, 0.2) is 0 Å². The van der Waals surface area contributed by atoms with Crippen LogP contribution in [0.2, 0.25) is 0 Å². The second-order valence-electron chi connectivity index (χ2n) is 29.5.